The Morgan fingerprint density at radius 1 is 1.38 bits per heavy atom. The molecule has 3 atom stereocenters. The molecule has 1 aromatic heterocycles. The summed E-state index contributed by atoms with van der Waals surface area (Å²) in [5.41, 5.74) is 6.45. The number of hydrogen-bond donors (Lipinski definition) is 2. The predicted octanol–water partition coefficient (Wildman–Crippen LogP) is 4.10. The van der Waals surface area contributed by atoms with E-state index in [2.05, 4.69) is 15.3 Å². The summed E-state index contributed by atoms with van der Waals surface area (Å²) >= 11 is 12.6. The molecule has 1 aliphatic heterocycles. The fourth-order valence-electron chi connectivity index (χ4n) is 3.69. The molecular weight excluding hydrogens is 418 g/mol. The van der Waals surface area contributed by atoms with Gasteiger partial charge in [0.25, 0.3) is 11.9 Å². The van der Waals surface area contributed by atoms with Gasteiger partial charge in [-0.05, 0) is 42.7 Å². The number of amidine groups is 1. The molecule has 0 spiro atoms. The summed E-state index contributed by atoms with van der Waals surface area (Å²) in [5, 5.41) is 3.35. The number of fused-ring (bicyclic) bond motifs is 1. The van der Waals surface area contributed by atoms with Gasteiger partial charge in [-0.1, -0.05) is 30.1 Å². The Labute approximate surface area is 177 Å². The molecule has 1 aliphatic carbocycles. The number of aromatic nitrogens is 1. The van der Waals surface area contributed by atoms with Gasteiger partial charge in [0.2, 0.25) is 0 Å². The molecule has 1 aromatic carbocycles. The van der Waals surface area contributed by atoms with E-state index in [0.717, 1.165) is 12.0 Å². The van der Waals surface area contributed by atoms with Crippen LogP contribution in [0.2, 0.25) is 10.0 Å². The summed E-state index contributed by atoms with van der Waals surface area (Å²) in [6.07, 6.45) is 2.84. The van der Waals surface area contributed by atoms with Crippen molar-refractivity contribution >= 4 is 40.8 Å². The van der Waals surface area contributed by atoms with E-state index in [-0.39, 0.29) is 28.8 Å². The van der Waals surface area contributed by atoms with E-state index < -0.39 is 18.1 Å². The number of aryl methyl sites for hydroxylation is 1. The molecule has 152 valence electrons. The van der Waals surface area contributed by atoms with Crippen LogP contribution >= 0.6 is 23.2 Å². The van der Waals surface area contributed by atoms with Gasteiger partial charge in [-0.15, -0.1) is 0 Å². The Kier molecular flexibility index (Phi) is 5.12. The molecule has 2 aromatic rings. The molecule has 29 heavy (non-hydrogen) atoms. The van der Waals surface area contributed by atoms with Gasteiger partial charge >= 0.3 is 0 Å². The van der Waals surface area contributed by atoms with E-state index in [9.17, 15) is 9.18 Å². The molecule has 9 heteroatoms. The van der Waals surface area contributed by atoms with Gasteiger partial charge in [-0.25, -0.2) is 14.4 Å². The van der Waals surface area contributed by atoms with E-state index in [1.54, 1.807) is 30.5 Å². The third-order valence-corrected chi connectivity index (χ3v) is 5.96. The first-order valence-electron chi connectivity index (χ1n) is 9.21. The standard InChI is InChI=1S/C20H19Cl2FN4O2/c1-2-10-5-15(22)17(25-8-10)18(28)26-11-3-4-14(21)12(6-11)20(9-23)13-7-16(13)29-19(24)27-20/h3-6,8,13,16H,2,7,9H2,1H3,(H2,24,27)(H,26,28)/t13-,16+,20+/m0/s1. The summed E-state index contributed by atoms with van der Waals surface area (Å²) in [6, 6.07) is 6.49. The van der Waals surface area contributed by atoms with Crippen LogP contribution in [-0.4, -0.2) is 29.7 Å². The lowest BCUT2D eigenvalue weighted by molar-refractivity contribution is 0.102. The van der Waals surface area contributed by atoms with Gasteiger partial charge in [0.15, 0.2) is 0 Å². The van der Waals surface area contributed by atoms with Crippen LogP contribution in [0.5, 0.6) is 0 Å². The fourth-order valence-corrected chi connectivity index (χ4v) is 4.25. The van der Waals surface area contributed by atoms with Crippen molar-refractivity contribution in [1.82, 2.24) is 4.98 Å². The number of nitrogens with one attached hydrogen (secondary N) is 1. The summed E-state index contributed by atoms with van der Waals surface area (Å²) in [4.78, 5) is 21.1. The molecule has 0 radical (unpaired) electrons. The van der Waals surface area contributed by atoms with E-state index in [0.29, 0.717) is 22.7 Å². The number of hydrogen-bond acceptors (Lipinski definition) is 5. The summed E-state index contributed by atoms with van der Waals surface area (Å²) in [7, 11) is 0. The second-order valence-electron chi connectivity index (χ2n) is 7.18. The van der Waals surface area contributed by atoms with E-state index in [1.165, 1.54) is 0 Å². The van der Waals surface area contributed by atoms with E-state index in [4.69, 9.17) is 33.7 Å². The summed E-state index contributed by atoms with van der Waals surface area (Å²) in [5.74, 6) is -0.625. The topological polar surface area (TPSA) is 89.6 Å². The lowest BCUT2D eigenvalue weighted by Crippen LogP contribution is -2.39. The average molecular weight is 437 g/mol. The van der Waals surface area contributed by atoms with Crippen LogP contribution in [0.3, 0.4) is 0 Å². The van der Waals surface area contributed by atoms with Crippen molar-refractivity contribution in [2.75, 3.05) is 12.0 Å². The lowest BCUT2D eigenvalue weighted by atomic mass is 9.85. The van der Waals surface area contributed by atoms with Crippen LogP contribution in [-0.2, 0) is 16.7 Å². The van der Waals surface area contributed by atoms with Crippen molar-refractivity contribution in [3.63, 3.8) is 0 Å². The number of pyridine rings is 1. The molecule has 2 heterocycles. The van der Waals surface area contributed by atoms with Crippen molar-refractivity contribution in [3.8, 4) is 0 Å². The minimum Gasteiger partial charge on any atom is -0.462 e. The second-order valence-corrected chi connectivity index (χ2v) is 8.00. The van der Waals surface area contributed by atoms with Gasteiger partial charge in [0, 0.05) is 28.4 Å². The first-order valence-corrected chi connectivity index (χ1v) is 9.97. The Bertz CT molecular complexity index is 1020. The number of anilines is 1. The average Bonchev–Trinajstić information content (AvgIpc) is 3.48. The summed E-state index contributed by atoms with van der Waals surface area (Å²) < 4.78 is 19.6. The van der Waals surface area contributed by atoms with Gasteiger partial charge in [-0.3, -0.25) is 4.79 Å². The van der Waals surface area contributed by atoms with Crippen molar-refractivity contribution in [2.45, 2.75) is 31.4 Å². The lowest BCUT2D eigenvalue weighted by Gasteiger charge is -2.32. The quantitative estimate of drug-likeness (QED) is 0.737. The van der Waals surface area contributed by atoms with Crippen LogP contribution in [0.25, 0.3) is 0 Å². The van der Waals surface area contributed by atoms with Crippen molar-refractivity contribution in [1.29, 1.82) is 0 Å². The number of carbonyl (C=O) groups is 1. The Morgan fingerprint density at radius 2 is 2.17 bits per heavy atom. The van der Waals surface area contributed by atoms with Crippen molar-refractivity contribution < 1.29 is 13.9 Å². The Balaban J connectivity index is 1.66. The van der Waals surface area contributed by atoms with Crippen molar-refractivity contribution in [3.05, 3.63) is 57.3 Å². The maximum absolute atomic E-state index is 14.2. The molecule has 1 saturated carbocycles. The minimum atomic E-state index is -1.22. The monoisotopic (exact) mass is 436 g/mol. The smallest absolute Gasteiger partial charge is 0.283 e. The van der Waals surface area contributed by atoms with E-state index >= 15 is 0 Å². The van der Waals surface area contributed by atoms with Crippen LogP contribution < -0.4 is 11.1 Å². The van der Waals surface area contributed by atoms with Crippen LogP contribution in [0.1, 0.15) is 35.0 Å². The SMILES string of the molecule is CCc1cnc(C(=O)Nc2ccc(Cl)c([C@@]3(CF)N=C(N)O[C@@H]4C[C@@H]43)c2)c(Cl)c1. The molecule has 1 amide bonds. The minimum absolute atomic E-state index is 0.0566. The highest BCUT2D eigenvalue weighted by atomic mass is 35.5. The Hall–Kier alpha value is -2.38. The summed E-state index contributed by atoms with van der Waals surface area (Å²) in [6.45, 7) is 1.19. The van der Waals surface area contributed by atoms with Crippen LogP contribution in [0.4, 0.5) is 10.1 Å². The third kappa shape index (κ3) is 3.53. The second kappa shape index (κ2) is 7.46. The first kappa shape index (κ1) is 19.9. The zero-order valence-electron chi connectivity index (χ0n) is 15.6. The number of benzene rings is 1. The Morgan fingerprint density at radius 3 is 2.86 bits per heavy atom. The molecular formula is C20H19Cl2FN4O2. The van der Waals surface area contributed by atoms with Crippen LogP contribution in [0.15, 0.2) is 35.5 Å². The molecule has 2 aliphatic rings. The molecule has 0 saturated heterocycles. The number of aliphatic imine (C=N–C) groups is 1. The number of rotatable bonds is 5. The highest BCUT2D eigenvalue weighted by molar-refractivity contribution is 6.34. The molecule has 4 rings (SSSR count). The third-order valence-electron chi connectivity index (χ3n) is 5.34. The number of nitrogens with two attached hydrogens (primary N) is 1. The zero-order valence-corrected chi connectivity index (χ0v) is 17.1. The maximum atomic E-state index is 14.2. The highest BCUT2D eigenvalue weighted by Gasteiger charge is 2.59. The molecule has 6 nitrogen and oxygen atoms in total. The number of ether oxygens (including phenoxy) is 1. The van der Waals surface area contributed by atoms with Gasteiger partial charge in [0.05, 0.1) is 5.02 Å². The number of carbonyl (C=O) groups excluding carboxylic acids is 1. The molecule has 3 N–H and O–H groups in total. The number of halogens is 3. The van der Waals surface area contributed by atoms with E-state index in [1.807, 2.05) is 6.92 Å². The number of amides is 1. The first-order chi connectivity index (χ1) is 13.9. The maximum Gasteiger partial charge on any atom is 0.283 e. The van der Waals surface area contributed by atoms with Crippen molar-refractivity contribution in [2.24, 2.45) is 16.6 Å². The molecule has 0 unspecified atom stereocenters. The zero-order chi connectivity index (χ0) is 20.8. The number of nitrogens with zero attached hydrogens (tertiary/aromatic N) is 2. The van der Waals surface area contributed by atoms with Gasteiger partial charge in [-0.2, -0.15) is 0 Å². The van der Waals surface area contributed by atoms with Crippen LogP contribution in [0, 0.1) is 5.92 Å². The van der Waals surface area contributed by atoms with Gasteiger partial charge < -0.3 is 15.8 Å². The highest BCUT2D eigenvalue weighted by Crippen LogP contribution is 2.54. The molecule has 1 fully saturated rings. The fraction of sp³-hybridized carbons (Fsp3) is 0.350. The van der Waals surface area contributed by atoms with Gasteiger partial charge in [0.1, 0.15) is 24.0 Å². The predicted molar refractivity (Wildman–Crippen MR) is 110 cm³/mol. The largest absolute Gasteiger partial charge is 0.462 e. The molecule has 0 bridgehead atoms. The normalized spacial score (nSPS) is 24.9. The number of alkyl halides is 1.